The standard InChI is InChI=1S/C15H17F3N2O/c16-10-3-1-5-12(7-10)20-9-15(17,18)14(13(20)21)6-2-4-11(19)8-14/h1,3,5,7,11H,2,4,6,8-9,19H2. The van der Waals surface area contributed by atoms with Gasteiger partial charge in [-0.15, -0.1) is 0 Å². The van der Waals surface area contributed by atoms with Gasteiger partial charge in [0.25, 0.3) is 5.92 Å². The lowest BCUT2D eigenvalue weighted by molar-refractivity contribution is -0.149. The molecule has 2 unspecified atom stereocenters. The Bertz CT molecular complexity index is 578. The fourth-order valence-corrected chi connectivity index (χ4v) is 3.53. The lowest BCUT2D eigenvalue weighted by atomic mass is 9.69. The van der Waals surface area contributed by atoms with Crippen LogP contribution in [-0.2, 0) is 4.79 Å². The van der Waals surface area contributed by atoms with Crippen molar-refractivity contribution >= 4 is 11.6 Å². The number of amides is 1. The Balaban J connectivity index is 1.99. The van der Waals surface area contributed by atoms with Gasteiger partial charge in [-0.2, -0.15) is 0 Å². The maximum Gasteiger partial charge on any atom is 0.280 e. The zero-order chi connectivity index (χ0) is 15.3. The van der Waals surface area contributed by atoms with Crippen LogP contribution in [0.2, 0.25) is 0 Å². The molecule has 1 heterocycles. The van der Waals surface area contributed by atoms with Crippen LogP contribution in [0.4, 0.5) is 18.9 Å². The van der Waals surface area contributed by atoms with Crippen LogP contribution in [0, 0.1) is 11.2 Å². The second-order valence-corrected chi connectivity index (χ2v) is 6.01. The van der Waals surface area contributed by atoms with E-state index in [1.165, 1.54) is 18.2 Å². The van der Waals surface area contributed by atoms with Crippen LogP contribution in [0.3, 0.4) is 0 Å². The number of rotatable bonds is 1. The number of hydrogen-bond donors (Lipinski definition) is 1. The van der Waals surface area contributed by atoms with E-state index >= 15 is 0 Å². The summed E-state index contributed by atoms with van der Waals surface area (Å²) in [7, 11) is 0. The number of alkyl halides is 2. The Morgan fingerprint density at radius 3 is 2.76 bits per heavy atom. The molecule has 3 rings (SSSR count). The second-order valence-electron chi connectivity index (χ2n) is 6.01. The van der Waals surface area contributed by atoms with Crippen LogP contribution in [0.1, 0.15) is 25.7 Å². The number of carbonyl (C=O) groups excluding carboxylic acids is 1. The summed E-state index contributed by atoms with van der Waals surface area (Å²) in [4.78, 5) is 13.6. The van der Waals surface area contributed by atoms with E-state index in [1.54, 1.807) is 0 Å². The van der Waals surface area contributed by atoms with Gasteiger partial charge in [-0.25, -0.2) is 13.2 Å². The molecule has 1 aromatic carbocycles. The van der Waals surface area contributed by atoms with Gasteiger partial charge in [0.15, 0.2) is 0 Å². The molecule has 1 aliphatic heterocycles. The van der Waals surface area contributed by atoms with Crippen molar-refractivity contribution in [2.45, 2.75) is 37.6 Å². The molecular formula is C15H17F3N2O. The molecule has 1 saturated carbocycles. The zero-order valence-electron chi connectivity index (χ0n) is 11.5. The third kappa shape index (κ3) is 2.12. The van der Waals surface area contributed by atoms with Crippen molar-refractivity contribution in [1.29, 1.82) is 0 Å². The highest BCUT2D eigenvalue weighted by molar-refractivity contribution is 6.01. The van der Waals surface area contributed by atoms with Gasteiger partial charge >= 0.3 is 0 Å². The van der Waals surface area contributed by atoms with Crippen molar-refractivity contribution in [3.05, 3.63) is 30.1 Å². The van der Waals surface area contributed by atoms with Gasteiger partial charge in [-0.3, -0.25) is 4.79 Å². The van der Waals surface area contributed by atoms with Crippen LogP contribution < -0.4 is 10.6 Å². The smallest absolute Gasteiger partial charge is 0.280 e. The molecular weight excluding hydrogens is 281 g/mol. The molecule has 0 bridgehead atoms. The molecule has 2 aliphatic rings. The molecule has 21 heavy (non-hydrogen) atoms. The highest BCUT2D eigenvalue weighted by Gasteiger charge is 2.66. The van der Waals surface area contributed by atoms with Crippen LogP contribution in [0.25, 0.3) is 0 Å². The number of halogens is 3. The Labute approximate surface area is 120 Å². The topological polar surface area (TPSA) is 46.3 Å². The third-order valence-corrected chi connectivity index (χ3v) is 4.62. The highest BCUT2D eigenvalue weighted by atomic mass is 19.3. The normalized spacial score (nSPS) is 31.9. The number of nitrogens with zero attached hydrogens (tertiary/aromatic N) is 1. The zero-order valence-corrected chi connectivity index (χ0v) is 11.5. The molecule has 6 heteroatoms. The number of nitrogens with two attached hydrogens (primary N) is 1. The predicted molar refractivity (Wildman–Crippen MR) is 72.6 cm³/mol. The molecule has 1 amide bonds. The highest BCUT2D eigenvalue weighted by Crippen LogP contribution is 2.54. The lowest BCUT2D eigenvalue weighted by Crippen LogP contribution is -2.49. The summed E-state index contributed by atoms with van der Waals surface area (Å²) < 4.78 is 42.4. The van der Waals surface area contributed by atoms with Gasteiger partial charge in [-0.1, -0.05) is 12.5 Å². The first-order valence-corrected chi connectivity index (χ1v) is 7.07. The van der Waals surface area contributed by atoms with E-state index in [2.05, 4.69) is 0 Å². The molecule has 1 saturated heterocycles. The second kappa shape index (κ2) is 4.73. The molecule has 2 fully saturated rings. The molecule has 1 aliphatic carbocycles. The number of benzene rings is 1. The fourth-order valence-electron chi connectivity index (χ4n) is 3.53. The maximum absolute atomic E-state index is 14.5. The average molecular weight is 298 g/mol. The van der Waals surface area contributed by atoms with E-state index < -0.39 is 29.6 Å². The number of hydrogen-bond acceptors (Lipinski definition) is 2. The van der Waals surface area contributed by atoms with E-state index in [0.29, 0.717) is 12.8 Å². The van der Waals surface area contributed by atoms with Gasteiger partial charge in [0.05, 0.1) is 6.54 Å². The quantitative estimate of drug-likeness (QED) is 0.866. The SMILES string of the molecule is NC1CCCC2(C1)C(=O)N(c1cccc(F)c1)CC2(F)F. The summed E-state index contributed by atoms with van der Waals surface area (Å²) in [5.41, 5.74) is 4.27. The van der Waals surface area contributed by atoms with Gasteiger partial charge < -0.3 is 10.6 Å². The Morgan fingerprint density at radius 2 is 2.10 bits per heavy atom. The van der Waals surface area contributed by atoms with Gasteiger partial charge in [0, 0.05) is 11.7 Å². The van der Waals surface area contributed by atoms with E-state index in [4.69, 9.17) is 5.73 Å². The van der Waals surface area contributed by atoms with Crippen molar-refractivity contribution in [2.75, 3.05) is 11.4 Å². The maximum atomic E-state index is 14.5. The molecule has 0 aromatic heterocycles. The first-order chi connectivity index (χ1) is 9.86. The van der Waals surface area contributed by atoms with Gasteiger partial charge in [-0.05, 0) is 37.5 Å². The number of carbonyl (C=O) groups is 1. The van der Waals surface area contributed by atoms with Crippen LogP contribution in [-0.4, -0.2) is 24.4 Å². The van der Waals surface area contributed by atoms with E-state index in [0.717, 1.165) is 11.0 Å². The van der Waals surface area contributed by atoms with Gasteiger partial charge in [0.2, 0.25) is 5.91 Å². The minimum absolute atomic E-state index is 0.00928. The van der Waals surface area contributed by atoms with Crippen LogP contribution in [0.15, 0.2) is 24.3 Å². The average Bonchev–Trinajstić information content (AvgIpc) is 2.60. The van der Waals surface area contributed by atoms with Gasteiger partial charge in [0.1, 0.15) is 11.2 Å². The molecule has 1 aromatic rings. The summed E-state index contributed by atoms with van der Waals surface area (Å²) in [5.74, 6) is -4.33. The third-order valence-electron chi connectivity index (χ3n) is 4.62. The Kier molecular flexibility index (Phi) is 3.24. The van der Waals surface area contributed by atoms with Crippen molar-refractivity contribution in [3.8, 4) is 0 Å². The monoisotopic (exact) mass is 298 g/mol. The van der Waals surface area contributed by atoms with Crippen molar-refractivity contribution < 1.29 is 18.0 Å². The largest absolute Gasteiger partial charge is 0.328 e. The minimum Gasteiger partial charge on any atom is -0.328 e. The van der Waals surface area contributed by atoms with Crippen LogP contribution >= 0.6 is 0 Å². The first-order valence-electron chi connectivity index (χ1n) is 7.07. The number of anilines is 1. The van der Waals surface area contributed by atoms with E-state index in [9.17, 15) is 18.0 Å². The Morgan fingerprint density at radius 1 is 1.33 bits per heavy atom. The minimum atomic E-state index is -3.14. The Hall–Kier alpha value is -1.56. The van der Waals surface area contributed by atoms with E-state index in [1.807, 2.05) is 0 Å². The summed E-state index contributed by atoms with van der Waals surface area (Å²) in [6.07, 6.45) is 1.30. The predicted octanol–water partition coefficient (Wildman–Crippen LogP) is 2.70. The summed E-state index contributed by atoms with van der Waals surface area (Å²) >= 11 is 0. The summed E-state index contributed by atoms with van der Waals surface area (Å²) in [6.45, 7) is -0.706. The fraction of sp³-hybridized carbons (Fsp3) is 0.533. The summed E-state index contributed by atoms with van der Waals surface area (Å²) in [6, 6.07) is 4.82. The van der Waals surface area contributed by atoms with Crippen LogP contribution in [0.5, 0.6) is 0 Å². The molecule has 3 nitrogen and oxygen atoms in total. The molecule has 1 spiro atoms. The first kappa shape index (κ1) is 14.4. The lowest BCUT2D eigenvalue weighted by Gasteiger charge is -2.38. The van der Waals surface area contributed by atoms with Crippen molar-refractivity contribution in [2.24, 2.45) is 11.1 Å². The molecule has 0 radical (unpaired) electrons. The van der Waals surface area contributed by atoms with Crippen molar-refractivity contribution in [3.63, 3.8) is 0 Å². The molecule has 2 atom stereocenters. The van der Waals surface area contributed by atoms with Crippen molar-refractivity contribution in [1.82, 2.24) is 0 Å². The van der Waals surface area contributed by atoms with E-state index in [-0.39, 0.29) is 24.6 Å². The molecule has 2 N–H and O–H groups in total. The molecule has 114 valence electrons. The summed E-state index contributed by atoms with van der Waals surface area (Å²) in [5, 5.41) is 0.